The van der Waals surface area contributed by atoms with E-state index < -0.39 is 23.1 Å². The van der Waals surface area contributed by atoms with Gasteiger partial charge in [-0.25, -0.2) is 4.79 Å². The maximum absolute atomic E-state index is 11.7. The summed E-state index contributed by atoms with van der Waals surface area (Å²) < 4.78 is 35.2. The molecule has 2 N–H and O–H groups in total. The fourth-order valence-corrected chi connectivity index (χ4v) is 1.08. The van der Waals surface area contributed by atoms with Gasteiger partial charge in [-0.3, -0.25) is 10.3 Å². The third kappa shape index (κ3) is 4.95. The highest BCUT2D eigenvalue weighted by molar-refractivity contribution is 8.13. The zero-order chi connectivity index (χ0) is 11.4. The molecule has 0 aromatic heterocycles. The second kappa shape index (κ2) is 5.08. The van der Waals surface area contributed by atoms with Crippen LogP contribution in [0.2, 0.25) is 0 Å². The zero-order valence-corrected chi connectivity index (χ0v) is 8.42. The number of thioether (sulfide) groups is 1. The molecule has 82 valence electrons. The highest BCUT2D eigenvalue weighted by atomic mass is 32.2. The fraction of sp³-hybridized carbons (Fsp3) is 0.667. The van der Waals surface area contributed by atoms with Gasteiger partial charge in [0.05, 0.1) is 5.75 Å². The van der Waals surface area contributed by atoms with Gasteiger partial charge in [-0.05, 0) is 0 Å². The van der Waals surface area contributed by atoms with Crippen LogP contribution in [0.4, 0.5) is 18.0 Å². The van der Waals surface area contributed by atoms with E-state index in [1.54, 1.807) is 0 Å². The largest absolute Gasteiger partial charge is 0.398 e. The molecule has 0 radical (unpaired) electrons. The van der Waals surface area contributed by atoms with Gasteiger partial charge in [0.1, 0.15) is 0 Å². The molecule has 0 heterocycles. The molecule has 2 amide bonds. The maximum Gasteiger partial charge on any atom is 0.398 e. The predicted molar refractivity (Wildman–Crippen MR) is 48.5 cm³/mol. The van der Waals surface area contributed by atoms with Gasteiger partial charge in [-0.15, -0.1) is 0 Å². The lowest BCUT2D eigenvalue weighted by atomic mass is 10.8. The molecular formula is C6H10F3N3OS. The van der Waals surface area contributed by atoms with Crippen LogP contribution >= 0.6 is 11.8 Å². The first-order chi connectivity index (χ1) is 6.28. The highest BCUT2D eigenvalue weighted by Gasteiger charge is 2.29. The van der Waals surface area contributed by atoms with E-state index >= 15 is 0 Å². The first-order valence-corrected chi connectivity index (χ1v) is 4.50. The van der Waals surface area contributed by atoms with Crippen molar-refractivity contribution in [3.63, 3.8) is 0 Å². The van der Waals surface area contributed by atoms with Crippen molar-refractivity contribution in [2.24, 2.45) is 0 Å². The van der Waals surface area contributed by atoms with Crippen molar-refractivity contribution < 1.29 is 18.0 Å². The first-order valence-electron chi connectivity index (χ1n) is 3.51. The Balaban J connectivity index is 4.03. The average molecular weight is 229 g/mol. The average Bonchev–Trinajstić information content (AvgIpc) is 2.10. The Labute approximate surface area is 83.3 Å². The van der Waals surface area contributed by atoms with Gasteiger partial charge in [-0.1, -0.05) is 11.8 Å². The van der Waals surface area contributed by atoms with Gasteiger partial charge in [0, 0.05) is 14.1 Å². The summed E-state index contributed by atoms with van der Waals surface area (Å²) in [5.41, 5.74) is 0. The number of hydrogen-bond acceptors (Lipinski definition) is 3. The zero-order valence-electron chi connectivity index (χ0n) is 7.60. The van der Waals surface area contributed by atoms with E-state index in [0.717, 1.165) is 4.90 Å². The number of nitrogens with zero attached hydrogens (tertiary/aromatic N) is 1. The third-order valence-electron chi connectivity index (χ3n) is 1.20. The van der Waals surface area contributed by atoms with Crippen molar-refractivity contribution in [2.75, 3.05) is 19.8 Å². The molecular weight excluding hydrogens is 219 g/mol. The van der Waals surface area contributed by atoms with Crippen molar-refractivity contribution in [1.82, 2.24) is 10.2 Å². The van der Waals surface area contributed by atoms with E-state index in [2.05, 4.69) is 5.32 Å². The number of alkyl halides is 3. The molecule has 4 nitrogen and oxygen atoms in total. The van der Waals surface area contributed by atoms with Crippen LogP contribution < -0.4 is 5.32 Å². The van der Waals surface area contributed by atoms with Gasteiger partial charge in [-0.2, -0.15) is 13.2 Å². The molecule has 0 rings (SSSR count). The minimum Gasteiger partial charge on any atom is -0.341 e. The molecule has 0 atom stereocenters. The predicted octanol–water partition coefficient (Wildman–Crippen LogP) is 1.49. The Morgan fingerprint density at radius 2 is 2.07 bits per heavy atom. The third-order valence-corrected chi connectivity index (χ3v) is 2.21. The highest BCUT2D eigenvalue weighted by Crippen LogP contribution is 2.22. The molecule has 0 aromatic carbocycles. The monoisotopic (exact) mass is 229 g/mol. The summed E-state index contributed by atoms with van der Waals surface area (Å²) in [5.74, 6) is -1.17. The van der Waals surface area contributed by atoms with Crippen LogP contribution in [0.5, 0.6) is 0 Å². The number of nitrogens with one attached hydrogen (secondary N) is 2. The number of urea groups is 1. The number of amidine groups is 1. The standard InChI is InChI=1S/C6H10F3N3OS/c1-11-5(13)12(2)4(10)14-3-6(7,8)9/h10H,3H2,1-2H3,(H,11,13). The molecule has 0 bridgehead atoms. The van der Waals surface area contributed by atoms with Crippen LogP contribution in [0.3, 0.4) is 0 Å². The fourth-order valence-electron chi connectivity index (χ4n) is 0.507. The molecule has 0 aromatic rings. The molecule has 0 fully saturated rings. The summed E-state index contributed by atoms with van der Waals surface area (Å²) in [6.07, 6.45) is -4.33. The van der Waals surface area contributed by atoms with Crippen molar-refractivity contribution >= 4 is 23.0 Å². The van der Waals surface area contributed by atoms with Crippen molar-refractivity contribution in [3.05, 3.63) is 0 Å². The van der Waals surface area contributed by atoms with Crippen LogP contribution in [0.25, 0.3) is 0 Å². The molecule has 0 saturated heterocycles. The quantitative estimate of drug-likeness (QED) is 0.528. The molecule has 0 aliphatic rings. The van der Waals surface area contributed by atoms with Crippen LogP contribution in [0.1, 0.15) is 0 Å². The van der Waals surface area contributed by atoms with Crippen molar-refractivity contribution in [1.29, 1.82) is 5.41 Å². The Morgan fingerprint density at radius 1 is 1.57 bits per heavy atom. The van der Waals surface area contributed by atoms with Gasteiger partial charge < -0.3 is 5.32 Å². The Bertz CT molecular complexity index is 231. The topological polar surface area (TPSA) is 56.2 Å². The molecule has 14 heavy (non-hydrogen) atoms. The minimum absolute atomic E-state index is 0.259. The van der Waals surface area contributed by atoms with Crippen LogP contribution in [-0.2, 0) is 0 Å². The van der Waals surface area contributed by atoms with Crippen LogP contribution in [0, 0.1) is 5.41 Å². The summed E-state index contributed by atoms with van der Waals surface area (Å²) in [5, 5.41) is 8.89. The van der Waals surface area contributed by atoms with Gasteiger partial charge in [0.15, 0.2) is 5.17 Å². The SMILES string of the molecule is CNC(=O)N(C)C(=N)SCC(F)(F)F. The van der Waals surface area contributed by atoms with E-state index in [1.165, 1.54) is 14.1 Å². The van der Waals surface area contributed by atoms with Crippen molar-refractivity contribution in [2.45, 2.75) is 6.18 Å². The summed E-state index contributed by atoms with van der Waals surface area (Å²) in [6.45, 7) is 0. The molecule has 0 unspecified atom stereocenters. The number of carbonyl (C=O) groups is 1. The second-order valence-corrected chi connectivity index (χ2v) is 3.29. The van der Waals surface area contributed by atoms with Gasteiger partial charge >= 0.3 is 12.2 Å². The van der Waals surface area contributed by atoms with E-state index in [0.29, 0.717) is 0 Å². The lowest BCUT2D eigenvalue weighted by molar-refractivity contribution is -0.105. The van der Waals surface area contributed by atoms with Gasteiger partial charge in [0.2, 0.25) is 0 Å². The normalized spacial score (nSPS) is 10.9. The Kier molecular flexibility index (Phi) is 4.75. The number of halogens is 3. The minimum atomic E-state index is -4.33. The molecule has 0 spiro atoms. The maximum atomic E-state index is 11.7. The van der Waals surface area contributed by atoms with E-state index in [-0.39, 0.29) is 11.8 Å². The van der Waals surface area contributed by atoms with E-state index in [1.807, 2.05) is 0 Å². The second-order valence-electron chi connectivity index (χ2n) is 2.32. The van der Waals surface area contributed by atoms with Crippen LogP contribution in [0.15, 0.2) is 0 Å². The smallest absolute Gasteiger partial charge is 0.341 e. The number of carbonyl (C=O) groups excluding carboxylic acids is 1. The lowest BCUT2D eigenvalue weighted by Gasteiger charge is -2.16. The Morgan fingerprint density at radius 3 is 2.43 bits per heavy atom. The lowest BCUT2D eigenvalue weighted by Crippen LogP contribution is -2.38. The summed E-state index contributed by atoms with van der Waals surface area (Å²) in [4.78, 5) is 11.7. The van der Waals surface area contributed by atoms with Crippen LogP contribution in [-0.4, -0.2) is 42.1 Å². The molecule has 0 aliphatic carbocycles. The molecule has 8 heteroatoms. The summed E-state index contributed by atoms with van der Waals surface area (Å²) >= 11 is 0.259. The molecule has 0 saturated carbocycles. The van der Waals surface area contributed by atoms with Crippen molar-refractivity contribution in [3.8, 4) is 0 Å². The van der Waals surface area contributed by atoms with Gasteiger partial charge in [0.25, 0.3) is 0 Å². The first kappa shape index (κ1) is 13.1. The molecule has 0 aliphatic heterocycles. The van der Waals surface area contributed by atoms with E-state index in [9.17, 15) is 18.0 Å². The Hall–Kier alpha value is -0.920. The summed E-state index contributed by atoms with van der Waals surface area (Å²) in [6, 6.07) is -0.621. The van der Waals surface area contributed by atoms with E-state index in [4.69, 9.17) is 5.41 Å². The summed E-state index contributed by atoms with van der Waals surface area (Å²) in [7, 11) is 2.56. The number of amides is 2. The number of hydrogen-bond donors (Lipinski definition) is 2. The number of rotatable bonds is 1.